The first kappa shape index (κ1) is 30.7. The van der Waals surface area contributed by atoms with Crippen molar-refractivity contribution >= 4 is 16.2 Å². The Morgan fingerprint density at radius 2 is 1.45 bits per heavy atom. The summed E-state index contributed by atoms with van der Waals surface area (Å²) in [6, 6.07) is 0.0978. The maximum atomic E-state index is 12.3. The molecule has 0 saturated heterocycles. The Labute approximate surface area is 179 Å². The first-order chi connectivity index (χ1) is 13.5. The molecule has 0 aromatic rings. The molecule has 0 heterocycles. The normalized spacial score (nSPS) is 12.9. The molecule has 8 heteroatoms. The molecule has 0 rings (SSSR count). The Balaban J connectivity index is 0. The van der Waals surface area contributed by atoms with Crippen LogP contribution in [-0.2, 0) is 19.4 Å². The number of rotatable bonds is 17. The fourth-order valence-electron chi connectivity index (χ4n) is 3.05. The van der Waals surface area contributed by atoms with Crippen LogP contribution in [0.15, 0.2) is 0 Å². The lowest BCUT2D eigenvalue weighted by molar-refractivity contribution is -0.904. The summed E-state index contributed by atoms with van der Waals surface area (Å²) in [4.78, 5) is 12.3. The summed E-state index contributed by atoms with van der Waals surface area (Å²) in [6.45, 7) is 7.47. The van der Waals surface area contributed by atoms with Gasteiger partial charge >= 0.3 is 10.4 Å². The number of ketones is 1. The summed E-state index contributed by atoms with van der Waals surface area (Å²) in [5, 5.41) is 0. The molecule has 0 spiro atoms. The molecule has 176 valence electrons. The fraction of sp³-hybridized carbons (Fsp3) is 0.952. The standard InChI is InChI=1S/C19H41N2O.C2H6O4S/c1-5-6-7-8-9-10-11-12-13-15-19(22)18(2)21(3,4)17-14-16-20;1-2-6-7(3,4)5/h18H,5-17,20H2,1-4H3;2H2,1H3,(H,3,4,5)/q+1;. The molecular weight excluding hydrogens is 392 g/mol. The minimum absolute atomic E-state index is 0.0289. The van der Waals surface area contributed by atoms with Gasteiger partial charge in [-0.1, -0.05) is 58.3 Å². The number of nitrogens with zero attached hydrogens (tertiary/aromatic N) is 1. The third-order valence-electron chi connectivity index (χ3n) is 5.25. The minimum Gasteiger partial charge on any atom is -0.330 e. The monoisotopic (exact) mass is 439 g/mol. The number of unbranched alkanes of at least 4 members (excludes halogenated alkanes) is 8. The number of hydrogen-bond donors (Lipinski definition) is 2. The summed E-state index contributed by atoms with van der Waals surface area (Å²) < 4.78 is 31.4. The van der Waals surface area contributed by atoms with Gasteiger partial charge in [0.05, 0.1) is 27.2 Å². The summed E-state index contributed by atoms with van der Waals surface area (Å²) in [7, 11) is 0.121. The number of Topliss-reactive ketones (excluding diaryl/α,β-unsaturated/α-hetero) is 1. The number of carbonyl (C=O) groups is 1. The maximum Gasteiger partial charge on any atom is 0.397 e. The van der Waals surface area contributed by atoms with Crippen molar-refractivity contribution in [1.82, 2.24) is 0 Å². The summed E-state index contributed by atoms with van der Waals surface area (Å²) in [5.41, 5.74) is 5.58. The lowest BCUT2D eigenvalue weighted by Crippen LogP contribution is -2.52. The molecule has 0 amide bonds. The molecule has 0 aromatic carbocycles. The Bertz CT molecular complexity index is 495. The van der Waals surface area contributed by atoms with Gasteiger partial charge in [0, 0.05) is 12.8 Å². The molecule has 29 heavy (non-hydrogen) atoms. The first-order valence-electron chi connectivity index (χ1n) is 11.2. The number of likely N-dealkylation sites (N-methyl/N-ethyl adjacent to an activating group) is 1. The van der Waals surface area contributed by atoms with Gasteiger partial charge in [0.1, 0.15) is 6.04 Å². The zero-order valence-electron chi connectivity index (χ0n) is 19.5. The van der Waals surface area contributed by atoms with Crippen LogP contribution in [0.5, 0.6) is 0 Å². The highest BCUT2D eigenvalue weighted by molar-refractivity contribution is 7.80. The molecule has 0 aliphatic heterocycles. The average Bonchev–Trinajstić information content (AvgIpc) is 2.63. The minimum atomic E-state index is -4.17. The van der Waals surface area contributed by atoms with Crippen LogP contribution < -0.4 is 5.73 Å². The Morgan fingerprint density at radius 3 is 1.83 bits per heavy atom. The molecule has 0 saturated carbocycles. The van der Waals surface area contributed by atoms with E-state index >= 15 is 0 Å². The van der Waals surface area contributed by atoms with E-state index in [0.717, 1.165) is 30.3 Å². The van der Waals surface area contributed by atoms with Crippen LogP contribution >= 0.6 is 0 Å². The van der Waals surface area contributed by atoms with E-state index in [1.165, 1.54) is 58.3 Å². The number of carbonyl (C=O) groups excluding carboxylic acids is 1. The van der Waals surface area contributed by atoms with Crippen molar-refractivity contribution in [3.8, 4) is 0 Å². The quantitative estimate of drug-likeness (QED) is 0.201. The van der Waals surface area contributed by atoms with Crippen molar-refractivity contribution < 1.29 is 26.4 Å². The number of nitrogens with two attached hydrogens (primary N) is 1. The van der Waals surface area contributed by atoms with Gasteiger partial charge in [-0.05, 0) is 26.8 Å². The van der Waals surface area contributed by atoms with Gasteiger partial charge in [-0.3, -0.25) is 9.35 Å². The van der Waals surface area contributed by atoms with Gasteiger partial charge in [-0.15, -0.1) is 0 Å². The van der Waals surface area contributed by atoms with Gasteiger partial charge in [0.15, 0.2) is 5.78 Å². The third-order valence-corrected chi connectivity index (χ3v) is 5.78. The van der Waals surface area contributed by atoms with Gasteiger partial charge in [0.25, 0.3) is 0 Å². The summed E-state index contributed by atoms with van der Waals surface area (Å²) >= 11 is 0. The molecule has 0 aliphatic carbocycles. The molecule has 0 aliphatic rings. The van der Waals surface area contributed by atoms with Crippen LogP contribution in [0.1, 0.15) is 91.4 Å². The SMILES string of the molecule is CCCCCCCCCCCC(=O)C(C)[N+](C)(C)CCCN.CCOS(=O)(=O)O. The van der Waals surface area contributed by atoms with E-state index in [2.05, 4.69) is 32.1 Å². The predicted molar refractivity (Wildman–Crippen MR) is 120 cm³/mol. The molecule has 7 nitrogen and oxygen atoms in total. The molecule has 0 fully saturated rings. The van der Waals surface area contributed by atoms with Crippen molar-refractivity contribution in [1.29, 1.82) is 0 Å². The van der Waals surface area contributed by atoms with Crippen molar-refractivity contribution in [3.63, 3.8) is 0 Å². The fourth-order valence-corrected chi connectivity index (χ4v) is 3.35. The van der Waals surface area contributed by atoms with Crippen LogP contribution in [-0.4, -0.2) is 63.1 Å². The topological polar surface area (TPSA) is 107 Å². The van der Waals surface area contributed by atoms with Crippen molar-refractivity contribution in [2.75, 3.05) is 33.8 Å². The maximum absolute atomic E-state index is 12.3. The second kappa shape index (κ2) is 18.2. The van der Waals surface area contributed by atoms with Crippen LogP contribution in [0, 0.1) is 0 Å². The van der Waals surface area contributed by atoms with Gasteiger partial charge in [-0.2, -0.15) is 8.42 Å². The van der Waals surface area contributed by atoms with Crippen LogP contribution in [0.4, 0.5) is 0 Å². The molecular formula is C21H47N2O5S+. The Hall–Kier alpha value is -0.540. The molecule has 1 atom stereocenters. The highest BCUT2D eigenvalue weighted by Crippen LogP contribution is 2.14. The van der Waals surface area contributed by atoms with E-state index in [-0.39, 0.29) is 12.6 Å². The second-order valence-electron chi connectivity index (χ2n) is 8.20. The molecule has 0 bridgehead atoms. The van der Waals surface area contributed by atoms with E-state index in [9.17, 15) is 13.2 Å². The van der Waals surface area contributed by atoms with Crippen molar-refractivity contribution in [3.05, 3.63) is 0 Å². The van der Waals surface area contributed by atoms with Crippen molar-refractivity contribution in [2.45, 2.75) is 97.4 Å². The highest BCUT2D eigenvalue weighted by atomic mass is 32.3. The smallest absolute Gasteiger partial charge is 0.330 e. The average molecular weight is 440 g/mol. The summed E-state index contributed by atoms with van der Waals surface area (Å²) in [6.07, 6.45) is 13.5. The molecule has 3 N–H and O–H groups in total. The highest BCUT2D eigenvalue weighted by Gasteiger charge is 2.29. The zero-order valence-corrected chi connectivity index (χ0v) is 20.3. The first-order valence-corrected chi connectivity index (χ1v) is 12.6. The van der Waals surface area contributed by atoms with Gasteiger partial charge in [-0.25, -0.2) is 4.18 Å². The van der Waals surface area contributed by atoms with Crippen molar-refractivity contribution in [2.24, 2.45) is 5.73 Å². The van der Waals surface area contributed by atoms with Crippen LogP contribution in [0.2, 0.25) is 0 Å². The second-order valence-corrected chi connectivity index (χ2v) is 9.29. The Kier molecular flexibility index (Phi) is 19.3. The largest absolute Gasteiger partial charge is 0.397 e. The lowest BCUT2D eigenvalue weighted by atomic mass is 10.0. The van der Waals surface area contributed by atoms with Gasteiger partial charge < -0.3 is 10.2 Å². The number of hydrogen-bond acceptors (Lipinski definition) is 5. The van der Waals surface area contributed by atoms with Crippen LogP contribution in [0.25, 0.3) is 0 Å². The summed E-state index contributed by atoms with van der Waals surface area (Å²) in [5.74, 6) is 0.421. The molecule has 0 aromatic heterocycles. The lowest BCUT2D eigenvalue weighted by Gasteiger charge is -2.35. The zero-order chi connectivity index (χ0) is 22.8. The predicted octanol–water partition coefficient (Wildman–Crippen LogP) is 4.12. The van der Waals surface area contributed by atoms with E-state index in [1.54, 1.807) is 0 Å². The van der Waals surface area contributed by atoms with E-state index in [4.69, 9.17) is 10.3 Å². The van der Waals surface area contributed by atoms with E-state index in [0.29, 0.717) is 12.3 Å². The van der Waals surface area contributed by atoms with Gasteiger partial charge in [0.2, 0.25) is 0 Å². The number of quaternary nitrogens is 1. The van der Waals surface area contributed by atoms with Crippen LogP contribution in [0.3, 0.4) is 0 Å². The Morgan fingerprint density at radius 1 is 0.966 bits per heavy atom. The molecule has 0 radical (unpaired) electrons. The molecule has 1 unspecified atom stereocenters. The van der Waals surface area contributed by atoms with E-state index < -0.39 is 10.4 Å². The van der Waals surface area contributed by atoms with E-state index in [1.807, 2.05) is 0 Å². The third kappa shape index (κ3) is 20.5.